The summed E-state index contributed by atoms with van der Waals surface area (Å²) in [5.41, 5.74) is 3.23. The quantitative estimate of drug-likeness (QED) is 0.801. The van der Waals surface area contributed by atoms with Crippen molar-refractivity contribution in [3.05, 3.63) is 39.3 Å². The van der Waals surface area contributed by atoms with Gasteiger partial charge in [-0.1, -0.05) is 11.6 Å². The molecular formula is C18H20ClN3O3S. The zero-order valence-corrected chi connectivity index (χ0v) is 16.2. The van der Waals surface area contributed by atoms with Crippen LogP contribution in [-0.4, -0.2) is 52.7 Å². The SMILES string of the molecule is C[C@@H]1[C@@H](C)N(C(=O)c2cscn2)CCN1Cc1cc2c(cc1Cl)OCO2. The normalized spacial score (nSPS) is 22.7. The van der Waals surface area contributed by atoms with Crippen LogP contribution in [0.4, 0.5) is 0 Å². The molecule has 0 spiro atoms. The fourth-order valence-corrected chi connectivity index (χ4v) is 4.22. The highest BCUT2D eigenvalue weighted by Crippen LogP contribution is 2.37. The van der Waals surface area contributed by atoms with Crippen LogP contribution in [0.25, 0.3) is 0 Å². The third kappa shape index (κ3) is 3.15. The van der Waals surface area contributed by atoms with Crippen molar-refractivity contribution in [2.75, 3.05) is 19.9 Å². The molecule has 1 saturated heterocycles. The molecule has 3 heterocycles. The van der Waals surface area contributed by atoms with Crippen molar-refractivity contribution in [2.24, 2.45) is 0 Å². The minimum Gasteiger partial charge on any atom is -0.454 e. The third-order valence-corrected chi connectivity index (χ3v) is 6.16. The van der Waals surface area contributed by atoms with Crippen LogP contribution in [0.2, 0.25) is 5.02 Å². The molecule has 1 aromatic heterocycles. The molecule has 0 aliphatic carbocycles. The lowest BCUT2D eigenvalue weighted by Crippen LogP contribution is -2.58. The highest BCUT2D eigenvalue weighted by molar-refractivity contribution is 7.07. The van der Waals surface area contributed by atoms with Gasteiger partial charge in [-0.2, -0.15) is 0 Å². The predicted octanol–water partition coefficient (Wildman–Crippen LogP) is 3.26. The second kappa shape index (κ2) is 7.06. The van der Waals surface area contributed by atoms with Crippen LogP contribution < -0.4 is 9.47 Å². The molecule has 0 saturated carbocycles. The molecule has 2 aromatic rings. The summed E-state index contributed by atoms with van der Waals surface area (Å²) in [5.74, 6) is 1.44. The number of nitrogens with zero attached hydrogens (tertiary/aromatic N) is 3. The number of amides is 1. The molecule has 0 unspecified atom stereocenters. The predicted molar refractivity (Wildman–Crippen MR) is 100 cm³/mol. The average Bonchev–Trinajstić information content (AvgIpc) is 3.30. The van der Waals surface area contributed by atoms with E-state index in [0.717, 1.165) is 17.9 Å². The summed E-state index contributed by atoms with van der Waals surface area (Å²) in [6.45, 7) is 6.63. The Labute approximate surface area is 161 Å². The molecule has 0 radical (unpaired) electrons. The molecule has 26 heavy (non-hydrogen) atoms. The largest absolute Gasteiger partial charge is 0.454 e. The van der Waals surface area contributed by atoms with Crippen LogP contribution in [0, 0.1) is 0 Å². The summed E-state index contributed by atoms with van der Waals surface area (Å²) >= 11 is 7.87. The van der Waals surface area contributed by atoms with E-state index in [-0.39, 0.29) is 24.8 Å². The maximum Gasteiger partial charge on any atom is 0.273 e. The van der Waals surface area contributed by atoms with Gasteiger partial charge in [0.25, 0.3) is 5.91 Å². The Morgan fingerprint density at radius 2 is 2.04 bits per heavy atom. The van der Waals surface area contributed by atoms with Crippen molar-refractivity contribution in [1.29, 1.82) is 0 Å². The number of halogens is 1. The Morgan fingerprint density at radius 3 is 2.77 bits per heavy atom. The van der Waals surface area contributed by atoms with Crippen LogP contribution in [0.3, 0.4) is 0 Å². The van der Waals surface area contributed by atoms with E-state index in [1.54, 1.807) is 10.9 Å². The first-order valence-corrected chi connectivity index (χ1v) is 9.88. The minimum atomic E-state index is 0.00589. The summed E-state index contributed by atoms with van der Waals surface area (Å²) in [7, 11) is 0. The van der Waals surface area contributed by atoms with E-state index in [0.29, 0.717) is 29.6 Å². The Bertz CT molecular complexity index is 814. The molecule has 2 atom stereocenters. The zero-order valence-electron chi connectivity index (χ0n) is 14.6. The molecule has 2 aliphatic rings. The zero-order chi connectivity index (χ0) is 18.3. The summed E-state index contributed by atoms with van der Waals surface area (Å²) in [6.07, 6.45) is 0. The number of hydrogen-bond acceptors (Lipinski definition) is 6. The lowest BCUT2D eigenvalue weighted by Gasteiger charge is -2.45. The Hall–Kier alpha value is -1.83. The fourth-order valence-electron chi connectivity index (χ4n) is 3.48. The molecule has 138 valence electrons. The number of ether oxygens (including phenoxy) is 2. The fraction of sp³-hybridized carbons (Fsp3) is 0.444. The van der Waals surface area contributed by atoms with Crippen LogP contribution in [0.15, 0.2) is 23.0 Å². The number of thiazole rings is 1. The molecular weight excluding hydrogens is 374 g/mol. The van der Waals surface area contributed by atoms with Gasteiger partial charge in [0.15, 0.2) is 11.5 Å². The van der Waals surface area contributed by atoms with E-state index >= 15 is 0 Å². The van der Waals surface area contributed by atoms with Gasteiger partial charge in [-0.15, -0.1) is 11.3 Å². The monoisotopic (exact) mass is 393 g/mol. The van der Waals surface area contributed by atoms with Gasteiger partial charge in [-0.05, 0) is 25.5 Å². The number of carbonyl (C=O) groups is 1. The standard InChI is InChI=1S/C18H20ClN3O3S/c1-11-12(2)22(18(23)15-8-26-9-20-15)4-3-21(11)7-13-5-16-17(6-14(13)19)25-10-24-16/h5-6,8-9,11-12H,3-4,7,10H2,1-2H3/t11-,12-/m1/s1. The first kappa shape index (κ1) is 17.6. The summed E-state index contributed by atoms with van der Waals surface area (Å²) in [4.78, 5) is 21.1. The molecule has 8 heteroatoms. The Balaban J connectivity index is 1.48. The van der Waals surface area contributed by atoms with E-state index in [4.69, 9.17) is 21.1 Å². The topological polar surface area (TPSA) is 54.9 Å². The molecule has 0 N–H and O–H groups in total. The van der Waals surface area contributed by atoms with Gasteiger partial charge in [0.05, 0.1) is 5.51 Å². The van der Waals surface area contributed by atoms with Gasteiger partial charge in [-0.25, -0.2) is 4.98 Å². The highest BCUT2D eigenvalue weighted by Gasteiger charge is 2.34. The van der Waals surface area contributed by atoms with Gasteiger partial charge in [-0.3, -0.25) is 9.69 Å². The van der Waals surface area contributed by atoms with Crippen molar-refractivity contribution in [2.45, 2.75) is 32.5 Å². The molecule has 4 rings (SSSR count). The van der Waals surface area contributed by atoms with E-state index < -0.39 is 0 Å². The number of hydrogen-bond donors (Lipinski definition) is 0. The molecule has 1 aromatic carbocycles. The summed E-state index contributed by atoms with van der Waals surface area (Å²) < 4.78 is 10.8. The number of benzene rings is 1. The lowest BCUT2D eigenvalue weighted by molar-refractivity contribution is 0.0247. The second-order valence-corrected chi connectivity index (χ2v) is 7.75. The molecule has 1 fully saturated rings. The number of piperazine rings is 1. The van der Waals surface area contributed by atoms with Gasteiger partial charge < -0.3 is 14.4 Å². The second-order valence-electron chi connectivity index (χ2n) is 6.62. The van der Waals surface area contributed by atoms with Crippen molar-refractivity contribution in [3.63, 3.8) is 0 Å². The van der Waals surface area contributed by atoms with Crippen LogP contribution in [-0.2, 0) is 6.54 Å². The Morgan fingerprint density at radius 1 is 1.27 bits per heavy atom. The number of aromatic nitrogens is 1. The number of carbonyl (C=O) groups excluding carboxylic acids is 1. The van der Waals surface area contributed by atoms with E-state index in [1.807, 2.05) is 17.0 Å². The van der Waals surface area contributed by atoms with E-state index in [1.165, 1.54) is 11.3 Å². The molecule has 1 amide bonds. The smallest absolute Gasteiger partial charge is 0.273 e. The van der Waals surface area contributed by atoms with Gasteiger partial charge in [0.1, 0.15) is 5.69 Å². The summed E-state index contributed by atoms with van der Waals surface area (Å²) in [5, 5.41) is 2.48. The highest BCUT2D eigenvalue weighted by atomic mass is 35.5. The van der Waals surface area contributed by atoms with E-state index in [9.17, 15) is 4.79 Å². The van der Waals surface area contributed by atoms with Gasteiger partial charge in [0, 0.05) is 48.2 Å². The lowest BCUT2D eigenvalue weighted by atomic mass is 10.0. The van der Waals surface area contributed by atoms with Crippen LogP contribution in [0.1, 0.15) is 29.9 Å². The van der Waals surface area contributed by atoms with E-state index in [2.05, 4.69) is 23.7 Å². The van der Waals surface area contributed by atoms with Crippen LogP contribution in [0.5, 0.6) is 11.5 Å². The van der Waals surface area contributed by atoms with Crippen LogP contribution >= 0.6 is 22.9 Å². The van der Waals surface area contributed by atoms with Crippen molar-refractivity contribution in [1.82, 2.24) is 14.8 Å². The Kier molecular flexibility index (Phi) is 4.77. The maximum atomic E-state index is 12.7. The van der Waals surface area contributed by atoms with Gasteiger partial charge >= 0.3 is 0 Å². The van der Waals surface area contributed by atoms with Crippen molar-refractivity contribution < 1.29 is 14.3 Å². The third-order valence-electron chi connectivity index (χ3n) is 5.22. The minimum absolute atomic E-state index is 0.00589. The molecule has 6 nitrogen and oxygen atoms in total. The first-order chi connectivity index (χ1) is 12.5. The number of fused-ring (bicyclic) bond motifs is 1. The molecule has 2 aliphatic heterocycles. The van der Waals surface area contributed by atoms with Crippen molar-refractivity contribution in [3.8, 4) is 11.5 Å². The number of rotatable bonds is 3. The summed E-state index contributed by atoms with van der Waals surface area (Å²) in [6, 6.07) is 4.06. The van der Waals surface area contributed by atoms with Crippen molar-refractivity contribution >= 4 is 28.8 Å². The molecule has 0 bridgehead atoms. The van der Waals surface area contributed by atoms with Gasteiger partial charge in [0.2, 0.25) is 6.79 Å². The average molecular weight is 394 g/mol. The maximum absolute atomic E-state index is 12.7. The first-order valence-electron chi connectivity index (χ1n) is 8.56.